The molecule has 1 aliphatic heterocycles. The van der Waals surface area contributed by atoms with Gasteiger partial charge in [-0.1, -0.05) is 6.58 Å². The zero-order valence-corrected chi connectivity index (χ0v) is 11.6. The Labute approximate surface area is 117 Å². The van der Waals surface area contributed by atoms with Crippen molar-refractivity contribution >= 4 is 17.9 Å². The van der Waals surface area contributed by atoms with Crippen molar-refractivity contribution in [2.75, 3.05) is 6.61 Å². The Bertz CT molecular complexity index is 455. The Morgan fingerprint density at radius 1 is 1.40 bits per heavy atom. The van der Waals surface area contributed by atoms with Crippen LogP contribution in [0.4, 0.5) is 0 Å². The molecule has 1 aliphatic carbocycles. The molecule has 4 atom stereocenters. The van der Waals surface area contributed by atoms with Gasteiger partial charge in [-0.15, -0.1) is 0 Å². The molecular weight excluding hydrogens is 264 g/mol. The summed E-state index contributed by atoms with van der Waals surface area (Å²) in [5, 5.41) is 0. The minimum Gasteiger partial charge on any atom is -0.462 e. The summed E-state index contributed by atoms with van der Waals surface area (Å²) < 4.78 is 15.1. The predicted molar refractivity (Wildman–Crippen MR) is 67.4 cm³/mol. The van der Waals surface area contributed by atoms with E-state index in [2.05, 4.69) is 6.58 Å². The van der Waals surface area contributed by atoms with E-state index in [1.165, 1.54) is 6.92 Å². The van der Waals surface area contributed by atoms with Crippen molar-refractivity contribution in [3.05, 3.63) is 12.2 Å². The Morgan fingerprint density at radius 2 is 2.10 bits per heavy atom. The summed E-state index contributed by atoms with van der Waals surface area (Å²) in [6.45, 7) is 6.33. The van der Waals surface area contributed by atoms with Gasteiger partial charge in [0.1, 0.15) is 12.2 Å². The number of hydrogen-bond donors (Lipinski definition) is 0. The van der Waals surface area contributed by atoms with Crippen LogP contribution in [0.25, 0.3) is 0 Å². The van der Waals surface area contributed by atoms with E-state index in [0.717, 1.165) is 0 Å². The van der Waals surface area contributed by atoms with Gasteiger partial charge in [0.2, 0.25) is 0 Å². The predicted octanol–water partition coefficient (Wildman–Crippen LogP) is 0.989. The number of carbonyl (C=O) groups is 3. The highest BCUT2D eigenvalue weighted by Gasteiger charge is 2.49. The molecule has 20 heavy (non-hydrogen) atoms. The zero-order valence-electron chi connectivity index (χ0n) is 11.6. The second-order valence-electron chi connectivity index (χ2n) is 5.35. The Balaban J connectivity index is 1.78. The first-order valence-corrected chi connectivity index (χ1v) is 6.61. The minimum atomic E-state index is -0.623. The number of ether oxygens (including phenoxy) is 3. The van der Waals surface area contributed by atoms with Crippen LogP contribution >= 0.6 is 0 Å². The van der Waals surface area contributed by atoms with E-state index in [0.29, 0.717) is 12.8 Å². The fourth-order valence-corrected chi connectivity index (χ4v) is 2.73. The van der Waals surface area contributed by atoms with Crippen molar-refractivity contribution in [2.24, 2.45) is 11.8 Å². The SMILES string of the molecule is C=C(C)C(=O)OCC(=O)OC1CC2C(=O)OC(C)C2C1. The fourth-order valence-electron chi connectivity index (χ4n) is 2.73. The molecule has 2 fully saturated rings. The highest BCUT2D eigenvalue weighted by molar-refractivity contribution is 5.88. The van der Waals surface area contributed by atoms with Crippen molar-refractivity contribution in [2.45, 2.75) is 38.9 Å². The first kappa shape index (κ1) is 14.6. The van der Waals surface area contributed by atoms with E-state index in [1.807, 2.05) is 6.92 Å². The topological polar surface area (TPSA) is 78.9 Å². The van der Waals surface area contributed by atoms with Crippen molar-refractivity contribution in [3.8, 4) is 0 Å². The average Bonchev–Trinajstić information content (AvgIpc) is 2.89. The minimum absolute atomic E-state index is 0.110. The first-order valence-electron chi connectivity index (χ1n) is 6.61. The molecule has 1 heterocycles. The third-order valence-electron chi connectivity index (χ3n) is 3.74. The van der Waals surface area contributed by atoms with Gasteiger partial charge >= 0.3 is 17.9 Å². The van der Waals surface area contributed by atoms with Gasteiger partial charge in [0.05, 0.1) is 5.92 Å². The summed E-state index contributed by atoms with van der Waals surface area (Å²) in [6, 6.07) is 0. The number of rotatable bonds is 4. The Hall–Kier alpha value is -1.85. The van der Waals surface area contributed by atoms with Crippen LogP contribution in [0.1, 0.15) is 26.7 Å². The second kappa shape index (κ2) is 5.64. The largest absolute Gasteiger partial charge is 0.462 e. The summed E-state index contributed by atoms with van der Waals surface area (Å²) in [6.07, 6.45) is 0.653. The molecule has 0 spiro atoms. The van der Waals surface area contributed by atoms with Crippen LogP contribution in [-0.4, -0.2) is 36.7 Å². The quantitative estimate of drug-likeness (QED) is 0.434. The molecule has 110 valence electrons. The summed E-state index contributed by atoms with van der Waals surface area (Å²) in [5.41, 5.74) is 0.227. The molecule has 6 heteroatoms. The lowest BCUT2D eigenvalue weighted by Gasteiger charge is -2.15. The summed E-state index contributed by atoms with van der Waals surface area (Å²) in [5.74, 6) is -1.51. The number of hydrogen-bond acceptors (Lipinski definition) is 6. The van der Waals surface area contributed by atoms with Crippen LogP contribution < -0.4 is 0 Å². The normalized spacial score (nSPS) is 31.4. The van der Waals surface area contributed by atoms with E-state index >= 15 is 0 Å². The van der Waals surface area contributed by atoms with Crippen molar-refractivity contribution in [1.29, 1.82) is 0 Å². The smallest absolute Gasteiger partial charge is 0.344 e. The lowest BCUT2D eigenvalue weighted by atomic mass is 9.95. The molecule has 6 nitrogen and oxygen atoms in total. The third-order valence-corrected chi connectivity index (χ3v) is 3.74. The third kappa shape index (κ3) is 3.00. The van der Waals surface area contributed by atoms with E-state index in [1.54, 1.807) is 0 Å². The molecule has 0 aromatic rings. The molecule has 0 aromatic heterocycles. The molecule has 0 aromatic carbocycles. The second-order valence-corrected chi connectivity index (χ2v) is 5.35. The molecule has 1 saturated heterocycles. The number of fused-ring (bicyclic) bond motifs is 1. The number of cyclic esters (lactones) is 1. The summed E-state index contributed by atoms with van der Waals surface area (Å²) >= 11 is 0. The van der Waals surface area contributed by atoms with Gasteiger partial charge in [0.15, 0.2) is 6.61 Å². The van der Waals surface area contributed by atoms with E-state index in [4.69, 9.17) is 14.2 Å². The molecule has 1 saturated carbocycles. The molecule has 2 aliphatic rings. The molecule has 2 rings (SSSR count). The summed E-state index contributed by atoms with van der Waals surface area (Å²) in [7, 11) is 0. The van der Waals surface area contributed by atoms with Crippen molar-refractivity contribution in [3.63, 3.8) is 0 Å². The highest BCUT2D eigenvalue weighted by Crippen LogP contribution is 2.42. The van der Waals surface area contributed by atoms with E-state index in [9.17, 15) is 14.4 Å². The maximum Gasteiger partial charge on any atom is 0.344 e. The lowest BCUT2D eigenvalue weighted by molar-refractivity contribution is -0.161. The number of carbonyl (C=O) groups excluding carboxylic acids is 3. The van der Waals surface area contributed by atoms with Gasteiger partial charge in [-0.2, -0.15) is 0 Å². The molecular formula is C14H18O6. The standard InChI is InChI=1S/C14H18O6/c1-7(2)13(16)18-6-12(15)20-9-4-10-8(3)19-14(17)11(10)5-9/h8-11H,1,4-6H2,2-3H3. The zero-order chi connectivity index (χ0) is 14.9. The van der Waals surface area contributed by atoms with Gasteiger partial charge in [-0.3, -0.25) is 4.79 Å². The van der Waals surface area contributed by atoms with Crippen LogP contribution in [0, 0.1) is 11.8 Å². The lowest BCUT2D eigenvalue weighted by Crippen LogP contribution is -2.23. The molecule has 0 radical (unpaired) electrons. The molecule has 0 amide bonds. The molecule has 0 N–H and O–H groups in total. The van der Waals surface area contributed by atoms with Gasteiger partial charge < -0.3 is 14.2 Å². The van der Waals surface area contributed by atoms with Gasteiger partial charge in [-0.25, -0.2) is 9.59 Å². The van der Waals surface area contributed by atoms with E-state index < -0.39 is 18.5 Å². The van der Waals surface area contributed by atoms with Crippen LogP contribution in [0.2, 0.25) is 0 Å². The van der Waals surface area contributed by atoms with Gasteiger partial charge in [-0.05, 0) is 26.7 Å². The van der Waals surface area contributed by atoms with E-state index in [-0.39, 0.29) is 35.6 Å². The van der Waals surface area contributed by atoms with Crippen LogP contribution in [0.3, 0.4) is 0 Å². The van der Waals surface area contributed by atoms with Crippen LogP contribution in [-0.2, 0) is 28.6 Å². The molecule has 4 unspecified atom stereocenters. The fraction of sp³-hybridized carbons (Fsp3) is 0.643. The number of esters is 3. The molecule has 0 bridgehead atoms. The maximum atomic E-state index is 11.6. The van der Waals surface area contributed by atoms with Crippen molar-refractivity contribution in [1.82, 2.24) is 0 Å². The Kier molecular flexibility index (Phi) is 4.11. The van der Waals surface area contributed by atoms with Crippen molar-refractivity contribution < 1.29 is 28.6 Å². The Morgan fingerprint density at radius 3 is 2.70 bits per heavy atom. The van der Waals surface area contributed by atoms with Gasteiger partial charge in [0.25, 0.3) is 0 Å². The van der Waals surface area contributed by atoms with Gasteiger partial charge in [0, 0.05) is 11.5 Å². The maximum absolute atomic E-state index is 11.6. The van der Waals surface area contributed by atoms with Crippen LogP contribution in [0.5, 0.6) is 0 Å². The average molecular weight is 282 g/mol. The summed E-state index contributed by atoms with van der Waals surface area (Å²) in [4.78, 5) is 34.2. The monoisotopic (exact) mass is 282 g/mol. The first-order chi connectivity index (χ1) is 9.38. The van der Waals surface area contributed by atoms with Crippen LogP contribution in [0.15, 0.2) is 12.2 Å². The highest BCUT2D eigenvalue weighted by atomic mass is 16.6.